The van der Waals surface area contributed by atoms with Gasteiger partial charge in [-0.1, -0.05) is 17.7 Å². The van der Waals surface area contributed by atoms with E-state index >= 15 is 0 Å². The molecule has 1 unspecified atom stereocenters. The second-order valence-electron chi connectivity index (χ2n) is 3.46. The number of non-ortho nitro benzene ring substituents is 1. The molecule has 0 aromatic heterocycles. The van der Waals surface area contributed by atoms with Gasteiger partial charge in [0, 0.05) is 18.6 Å². The van der Waals surface area contributed by atoms with Crippen molar-refractivity contribution in [3.63, 3.8) is 0 Å². The summed E-state index contributed by atoms with van der Waals surface area (Å²) < 4.78 is 4.76. The Hall–Kier alpha value is -1.33. The van der Waals surface area contributed by atoms with Crippen molar-refractivity contribution in [2.75, 3.05) is 6.61 Å². The maximum atomic E-state index is 11.3. The lowest BCUT2D eigenvalue weighted by Crippen LogP contribution is -2.20. The second-order valence-corrected chi connectivity index (χ2v) is 4.39. The third kappa shape index (κ3) is 3.85. The average molecular weight is 292 g/mol. The van der Waals surface area contributed by atoms with Crippen LogP contribution in [0.4, 0.5) is 5.69 Å². The van der Waals surface area contributed by atoms with Crippen molar-refractivity contribution in [3.05, 3.63) is 38.9 Å². The molecule has 0 saturated carbocycles. The molecular formula is C11H11Cl2NO4. The number of rotatable bonds is 5. The molecule has 0 heterocycles. The summed E-state index contributed by atoms with van der Waals surface area (Å²) in [5, 5.41) is 9.88. The highest BCUT2D eigenvalue weighted by atomic mass is 35.5. The lowest BCUT2D eigenvalue weighted by atomic mass is 10.1. The van der Waals surface area contributed by atoms with Crippen LogP contribution in [-0.4, -0.2) is 22.9 Å². The Morgan fingerprint density at radius 3 is 2.72 bits per heavy atom. The molecule has 0 bridgehead atoms. The Balaban J connectivity index is 2.79. The zero-order valence-electron chi connectivity index (χ0n) is 9.56. The van der Waals surface area contributed by atoms with E-state index in [1.807, 2.05) is 0 Å². The summed E-state index contributed by atoms with van der Waals surface area (Å²) >= 11 is 11.7. The minimum atomic E-state index is -0.857. The largest absolute Gasteiger partial charge is 0.465 e. The number of hydrogen-bond acceptors (Lipinski definition) is 4. The normalized spacial score (nSPS) is 11.9. The number of esters is 1. The zero-order chi connectivity index (χ0) is 13.7. The minimum absolute atomic E-state index is 0.106. The molecule has 0 saturated heterocycles. The molecule has 1 atom stereocenters. The molecule has 1 rings (SSSR count). The number of halogens is 2. The Bertz CT molecular complexity index is 464. The molecule has 7 heteroatoms. The fourth-order valence-electron chi connectivity index (χ4n) is 1.32. The summed E-state index contributed by atoms with van der Waals surface area (Å²) in [6.45, 7) is 1.93. The molecule has 0 radical (unpaired) electrons. The van der Waals surface area contributed by atoms with E-state index in [4.69, 9.17) is 27.9 Å². The number of alkyl halides is 1. The number of ether oxygens (including phenoxy) is 1. The zero-order valence-corrected chi connectivity index (χ0v) is 11.1. The van der Waals surface area contributed by atoms with E-state index < -0.39 is 16.3 Å². The number of carbonyl (C=O) groups is 1. The lowest BCUT2D eigenvalue weighted by Gasteiger charge is -2.09. The van der Waals surface area contributed by atoms with Gasteiger partial charge in [0.25, 0.3) is 5.69 Å². The van der Waals surface area contributed by atoms with Gasteiger partial charge in [0.2, 0.25) is 0 Å². The van der Waals surface area contributed by atoms with Crippen LogP contribution in [0.15, 0.2) is 18.2 Å². The number of hydrogen-bond donors (Lipinski definition) is 0. The highest BCUT2D eigenvalue weighted by molar-refractivity contribution is 6.32. The number of nitrogens with zero attached hydrogens (tertiary/aromatic N) is 1. The standard InChI is InChI=1S/C11H11Cl2NO4/c1-2-18-11(15)10(13)5-7-3-4-8(14(16)17)6-9(7)12/h3-4,6,10H,2,5H2,1H3. The molecule has 0 aliphatic rings. The van der Waals surface area contributed by atoms with Crippen LogP contribution in [0.5, 0.6) is 0 Å². The number of nitro groups is 1. The van der Waals surface area contributed by atoms with Crippen molar-refractivity contribution >= 4 is 34.9 Å². The number of nitro benzene ring substituents is 1. The van der Waals surface area contributed by atoms with Gasteiger partial charge in [-0.15, -0.1) is 11.6 Å². The molecule has 98 valence electrons. The van der Waals surface area contributed by atoms with Crippen molar-refractivity contribution in [1.82, 2.24) is 0 Å². The number of benzene rings is 1. The topological polar surface area (TPSA) is 69.4 Å². The first-order valence-corrected chi connectivity index (χ1v) is 6.00. The highest BCUT2D eigenvalue weighted by Gasteiger charge is 2.19. The van der Waals surface area contributed by atoms with E-state index in [2.05, 4.69) is 0 Å². The Morgan fingerprint density at radius 1 is 1.56 bits per heavy atom. The SMILES string of the molecule is CCOC(=O)C(Cl)Cc1ccc([N+](=O)[O-])cc1Cl. The third-order valence-corrected chi connectivity index (χ3v) is 2.87. The van der Waals surface area contributed by atoms with Gasteiger partial charge in [0.05, 0.1) is 16.6 Å². The molecule has 5 nitrogen and oxygen atoms in total. The first-order chi connectivity index (χ1) is 8.45. The van der Waals surface area contributed by atoms with Crippen LogP contribution in [0, 0.1) is 10.1 Å². The summed E-state index contributed by atoms with van der Waals surface area (Å²) in [5.41, 5.74) is 0.460. The first kappa shape index (κ1) is 14.7. The van der Waals surface area contributed by atoms with Crippen LogP contribution in [0.25, 0.3) is 0 Å². The van der Waals surface area contributed by atoms with E-state index in [0.717, 1.165) is 0 Å². The highest BCUT2D eigenvalue weighted by Crippen LogP contribution is 2.24. The monoisotopic (exact) mass is 291 g/mol. The quantitative estimate of drug-likeness (QED) is 0.362. The predicted molar refractivity (Wildman–Crippen MR) is 68.1 cm³/mol. The maximum absolute atomic E-state index is 11.3. The van der Waals surface area contributed by atoms with Crippen molar-refractivity contribution in [2.45, 2.75) is 18.7 Å². The molecule has 0 aliphatic carbocycles. The summed E-state index contributed by atoms with van der Waals surface area (Å²) in [5.74, 6) is -0.534. The molecule has 0 spiro atoms. The van der Waals surface area contributed by atoms with E-state index in [-0.39, 0.29) is 23.7 Å². The van der Waals surface area contributed by atoms with Crippen LogP contribution in [0.2, 0.25) is 5.02 Å². The van der Waals surface area contributed by atoms with E-state index in [9.17, 15) is 14.9 Å². The van der Waals surface area contributed by atoms with Gasteiger partial charge in [-0.05, 0) is 12.5 Å². The van der Waals surface area contributed by atoms with Crippen LogP contribution in [0.1, 0.15) is 12.5 Å². The van der Waals surface area contributed by atoms with Gasteiger partial charge < -0.3 is 4.74 Å². The van der Waals surface area contributed by atoms with Crippen molar-refractivity contribution in [3.8, 4) is 0 Å². The Labute approximate surface area is 114 Å². The van der Waals surface area contributed by atoms with Crippen LogP contribution >= 0.6 is 23.2 Å². The summed E-state index contributed by atoms with van der Waals surface area (Å²) in [4.78, 5) is 21.3. The van der Waals surface area contributed by atoms with Gasteiger partial charge in [0.15, 0.2) is 0 Å². The minimum Gasteiger partial charge on any atom is -0.465 e. The molecular weight excluding hydrogens is 281 g/mol. The molecule has 0 fully saturated rings. The fourth-order valence-corrected chi connectivity index (χ4v) is 1.81. The summed E-state index contributed by atoms with van der Waals surface area (Å²) in [6.07, 6.45) is 0.164. The molecule has 0 amide bonds. The molecule has 0 N–H and O–H groups in total. The number of carbonyl (C=O) groups excluding carboxylic acids is 1. The lowest BCUT2D eigenvalue weighted by molar-refractivity contribution is -0.384. The predicted octanol–water partition coefficient (Wildman–Crippen LogP) is 2.96. The molecule has 0 aliphatic heterocycles. The molecule has 18 heavy (non-hydrogen) atoms. The van der Waals surface area contributed by atoms with E-state index in [1.54, 1.807) is 6.92 Å². The van der Waals surface area contributed by atoms with E-state index in [1.165, 1.54) is 18.2 Å². The fraction of sp³-hybridized carbons (Fsp3) is 0.364. The molecule has 1 aromatic carbocycles. The van der Waals surface area contributed by atoms with Crippen molar-refractivity contribution in [1.29, 1.82) is 0 Å². The van der Waals surface area contributed by atoms with Crippen LogP contribution in [0.3, 0.4) is 0 Å². The Morgan fingerprint density at radius 2 is 2.22 bits per heavy atom. The maximum Gasteiger partial charge on any atom is 0.324 e. The molecule has 1 aromatic rings. The van der Waals surface area contributed by atoms with Crippen LogP contribution in [-0.2, 0) is 16.0 Å². The summed E-state index contributed by atoms with van der Waals surface area (Å²) in [6, 6.07) is 4.02. The first-order valence-electron chi connectivity index (χ1n) is 5.19. The van der Waals surface area contributed by atoms with Gasteiger partial charge in [0.1, 0.15) is 5.38 Å². The van der Waals surface area contributed by atoms with E-state index in [0.29, 0.717) is 5.56 Å². The van der Waals surface area contributed by atoms with Crippen molar-refractivity contribution in [2.24, 2.45) is 0 Å². The third-order valence-electron chi connectivity index (χ3n) is 2.19. The Kier molecular flexibility index (Phi) is 5.37. The van der Waals surface area contributed by atoms with Gasteiger partial charge in [-0.25, -0.2) is 0 Å². The second kappa shape index (κ2) is 6.56. The average Bonchev–Trinajstić information content (AvgIpc) is 2.31. The van der Waals surface area contributed by atoms with Gasteiger partial charge >= 0.3 is 5.97 Å². The van der Waals surface area contributed by atoms with Gasteiger partial charge in [-0.2, -0.15) is 0 Å². The van der Waals surface area contributed by atoms with Crippen molar-refractivity contribution < 1.29 is 14.5 Å². The van der Waals surface area contributed by atoms with Crippen LogP contribution < -0.4 is 0 Å². The smallest absolute Gasteiger partial charge is 0.324 e. The van der Waals surface area contributed by atoms with Gasteiger partial charge in [-0.3, -0.25) is 14.9 Å². The summed E-state index contributed by atoms with van der Waals surface area (Å²) in [7, 11) is 0.